The molecule has 3 rings (SSSR count). The van der Waals surface area contributed by atoms with Crippen LogP contribution in [-0.2, 0) is 26.7 Å². The van der Waals surface area contributed by atoms with Gasteiger partial charge < -0.3 is 19.5 Å². The van der Waals surface area contributed by atoms with Gasteiger partial charge >= 0.3 is 0 Å². The number of rotatable bonds is 7. The van der Waals surface area contributed by atoms with E-state index in [9.17, 15) is 0 Å². The number of aryl methyl sites for hydroxylation is 1. The molecule has 160 valence electrons. The predicted molar refractivity (Wildman–Crippen MR) is 130 cm³/mol. The molecule has 0 amide bonds. The average molecular weight is 520 g/mol. The van der Waals surface area contributed by atoms with Crippen molar-refractivity contribution >= 4 is 29.9 Å². The van der Waals surface area contributed by atoms with E-state index in [1.165, 1.54) is 11.1 Å². The number of benzene rings is 2. The van der Waals surface area contributed by atoms with E-state index in [-0.39, 0.29) is 24.0 Å². The number of aromatic nitrogens is 3. The first-order valence-electron chi connectivity index (χ1n) is 9.58. The van der Waals surface area contributed by atoms with Gasteiger partial charge in [0.25, 0.3) is 0 Å². The molecule has 7 nitrogen and oxygen atoms in total. The number of aliphatic imine (C=N–C) groups is 1. The van der Waals surface area contributed by atoms with E-state index in [1.54, 1.807) is 7.11 Å². The van der Waals surface area contributed by atoms with Gasteiger partial charge in [-0.15, -0.1) is 34.2 Å². The molecule has 0 fully saturated rings. The number of nitrogens with one attached hydrogen (secondary N) is 1. The maximum absolute atomic E-state index is 5.25. The highest BCUT2D eigenvalue weighted by Crippen LogP contribution is 2.13. The molecule has 0 aliphatic rings. The van der Waals surface area contributed by atoms with Crippen molar-refractivity contribution in [2.75, 3.05) is 14.2 Å². The molecule has 0 unspecified atom stereocenters. The molecule has 1 N–H and O–H groups in total. The smallest absolute Gasteiger partial charge is 0.194 e. The summed E-state index contributed by atoms with van der Waals surface area (Å²) in [5.74, 6) is 3.42. The van der Waals surface area contributed by atoms with Gasteiger partial charge in [0.1, 0.15) is 11.6 Å². The maximum atomic E-state index is 5.25. The lowest BCUT2D eigenvalue weighted by atomic mass is 10.2. The standard InChI is InChI=1S/C22H28N6O.HI/c1-17-25-26-21(28(17)3)15-24-22(23-14-18-8-6-5-7-9-18)27(2)16-19-10-12-20(29-4)13-11-19;/h5-13H,14-16H2,1-4H3,(H,23,24);1H. The first-order valence-corrected chi connectivity index (χ1v) is 9.58. The van der Waals surface area contributed by atoms with Crippen LogP contribution in [0.1, 0.15) is 22.8 Å². The van der Waals surface area contributed by atoms with Gasteiger partial charge in [0.15, 0.2) is 11.8 Å². The number of methoxy groups -OCH3 is 1. The first kappa shape index (κ1) is 23.7. The second kappa shape index (κ2) is 11.5. The fourth-order valence-corrected chi connectivity index (χ4v) is 2.90. The molecule has 0 spiro atoms. The highest BCUT2D eigenvalue weighted by molar-refractivity contribution is 14.0. The van der Waals surface area contributed by atoms with Gasteiger partial charge in [-0.25, -0.2) is 4.99 Å². The Labute approximate surface area is 195 Å². The Kier molecular flexibility index (Phi) is 9.10. The Balaban J connectivity index is 0.00000320. The molecule has 0 bridgehead atoms. The molecule has 0 aliphatic heterocycles. The van der Waals surface area contributed by atoms with Crippen molar-refractivity contribution in [3.05, 3.63) is 77.4 Å². The quantitative estimate of drug-likeness (QED) is 0.294. The molecule has 0 atom stereocenters. The van der Waals surface area contributed by atoms with Crippen LogP contribution in [0.5, 0.6) is 5.75 Å². The summed E-state index contributed by atoms with van der Waals surface area (Å²) in [6.45, 7) is 3.82. The van der Waals surface area contributed by atoms with Gasteiger partial charge in [-0.3, -0.25) is 0 Å². The lowest BCUT2D eigenvalue weighted by Crippen LogP contribution is -2.38. The summed E-state index contributed by atoms with van der Waals surface area (Å²) < 4.78 is 7.22. The lowest BCUT2D eigenvalue weighted by Gasteiger charge is -2.22. The lowest BCUT2D eigenvalue weighted by molar-refractivity contribution is 0.414. The van der Waals surface area contributed by atoms with Gasteiger partial charge in [0, 0.05) is 20.6 Å². The molecule has 1 heterocycles. The zero-order chi connectivity index (χ0) is 20.6. The van der Waals surface area contributed by atoms with Crippen LogP contribution in [0.25, 0.3) is 0 Å². The number of hydrogen-bond acceptors (Lipinski definition) is 4. The van der Waals surface area contributed by atoms with Crippen LogP contribution in [0.15, 0.2) is 59.6 Å². The average Bonchev–Trinajstić information content (AvgIpc) is 3.07. The third kappa shape index (κ3) is 6.45. The summed E-state index contributed by atoms with van der Waals surface area (Å²) in [5.41, 5.74) is 2.34. The predicted octanol–water partition coefficient (Wildman–Crippen LogP) is 3.53. The summed E-state index contributed by atoms with van der Waals surface area (Å²) in [5, 5.41) is 11.8. The molecule has 0 radical (unpaired) electrons. The normalized spacial score (nSPS) is 11.0. The second-order valence-corrected chi connectivity index (χ2v) is 6.91. The largest absolute Gasteiger partial charge is 0.497 e. The van der Waals surface area contributed by atoms with Crippen LogP contribution in [0.4, 0.5) is 0 Å². The number of ether oxygens (including phenoxy) is 1. The Morgan fingerprint density at radius 2 is 1.77 bits per heavy atom. The third-order valence-electron chi connectivity index (χ3n) is 4.78. The van der Waals surface area contributed by atoms with Crippen LogP contribution < -0.4 is 10.1 Å². The molecule has 3 aromatic rings. The Bertz CT molecular complexity index is 940. The molecular weight excluding hydrogens is 491 g/mol. The Morgan fingerprint density at radius 1 is 1.07 bits per heavy atom. The van der Waals surface area contributed by atoms with E-state index in [4.69, 9.17) is 9.73 Å². The van der Waals surface area contributed by atoms with Gasteiger partial charge in [-0.05, 0) is 30.2 Å². The van der Waals surface area contributed by atoms with Gasteiger partial charge in [0.2, 0.25) is 0 Å². The van der Waals surface area contributed by atoms with Crippen molar-refractivity contribution in [3.63, 3.8) is 0 Å². The van der Waals surface area contributed by atoms with Crippen molar-refractivity contribution in [3.8, 4) is 5.75 Å². The summed E-state index contributed by atoms with van der Waals surface area (Å²) in [6, 6.07) is 18.3. The molecule has 30 heavy (non-hydrogen) atoms. The molecular formula is C22H29IN6O. The minimum atomic E-state index is 0. The Hall–Kier alpha value is -2.62. The van der Waals surface area contributed by atoms with Crippen LogP contribution in [0.2, 0.25) is 0 Å². The van der Waals surface area contributed by atoms with Crippen molar-refractivity contribution in [1.29, 1.82) is 0 Å². The van der Waals surface area contributed by atoms with Crippen LogP contribution in [0, 0.1) is 6.92 Å². The van der Waals surface area contributed by atoms with Crippen LogP contribution >= 0.6 is 24.0 Å². The summed E-state index contributed by atoms with van der Waals surface area (Å²) in [7, 11) is 5.67. The molecule has 2 aromatic carbocycles. The van der Waals surface area contributed by atoms with E-state index < -0.39 is 0 Å². The van der Waals surface area contributed by atoms with Gasteiger partial charge in [-0.2, -0.15) is 0 Å². The third-order valence-corrected chi connectivity index (χ3v) is 4.78. The Morgan fingerprint density at radius 3 is 2.37 bits per heavy atom. The van der Waals surface area contributed by atoms with E-state index >= 15 is 0 Å². The van der Waals surface area contributed by atoms with E-state index in [2.05, 4.69) is 44.7 Å². The fraction of sp³-hybridized carbons (Fsp3) is 0.318. The van der Waals surface area contributed by atoms with Crippen molar-refractivity contribution in [2.45, 2.75) is 26.6 Å². The molecule has 8 heteroatoms. The fourth-order valence-electron chi connectivity index (χ4n) is 2.90. The minimum Gasteiger partial charge on any atom is -0.497 e. The van der Waals surface area contributed by atoms with Gasteiger partial charge in [-0.1, -0.05) is 42.5 Å². The maximum Gasteiger partial charge on any atom is 0.194 e. The second-order valence-electron chi connectivity index (χ2n) is 6.91. The monoisotopic (exact) mass is 520 g/mol. The zero-order valence-corrected chi connectivity index (χ0v) is 20.2. The van der Waals surface area contributed by atoms with Crippen LogP contribution in [0.3, 0.4) is 0 Å². The number of guanidine groups is 1. The number of halogens is 1. The van der Waals surface area contributed by atoms with Crippen molar-refractivity contribution in [2.24, 2.45) is 12.0 Å². The number of hydrogen-bond donors (Lipinski definition) is 1. The van der Waals surface area contributed by atoms with E-state index in [0.29, 0.717) is 13.1 Å². The molecule has 0 saturated heterocycles. The van der Waals surface area contributed by atoms with Gasteiger partial charge in [0.05, 0.1) is 20.2 Å². The summed E-state index contributed by atoms with van der Waals surface area (Å²) in [4.78, 5) is 6.93. The highest BCUT2D eigenvalue weighted by atomic mass is 127. The van der Waals surface area contributed by atoms with E-state index in [0.717, 1.165) is 29.9 Å². The first-order chi connectivity index (χ1) is 14.1. The van der Waals surface area contributed by atoms with Crippen LogP contribution in [-0.4, -0.2) is 39.8 Å². The zero-order valence-electron chi connectivity index (χ0n) is 17.9. The summed E-state index contributed by atoms with van der Waals surface area (Å²) in [6.07, 6.45) is 0. The molecule has 0 saturated carbocycles. The molecule has 1 aromatic heterocycles. The number of nitrogens with zero attached hydrogens (tertiary/aromatic N) is 5. The highest BCUT2D eigenvalue weighted by Gasteiger charge is 2.11. The topological polar surface area (TPSA) is 67.6 Å². The van der Waals surface area contributed by atoms with E-state index in [1.807, 2.05) is 55.9 Å². The summed E-state index contributed by atoms with van der Waals surface area (Å²) >= 11 is 0. The van der Waals surface area contributed by atoms with Crippen molar-refractivity contribution < 1.29 is 4.74 Å². The molecule has 0 aliphatic carbocycles. The SMILES string of the molecule is COc1ccc(CN(C)C(=NCc2ccccc2)NCc2nnc(C)n2C)cc1.I. The van der Waals surface area contributed by atoms with Crippen molar-refractivity contribution in [1.82, 2.24) is 25.0 Å². The minimum absolute atomic E-state index is 0.